The highest BCUT2D eigenvalue weighted by Crippen LogP contribution is 2.70. The Labute approximate surface area is 190 Å². The molecule has 0 atom stereocenters. The molecule has 0 nitrogen and oxygen atoms in total. The first-order valence-corrected chi connectivity index (χ1v) is 12.7. The molecule has 0 saturated carbocycles. The second kappa shape index (κ2) is 10.6. The van der Waals surface area contributed by atoms with E-state index in [1.165, 1.54) is 12.1 Å². The van der Waals surface area contributed by atoms with Crippen LogP contribution in [0.2, 0.25) is 0 Å². The minimum absolute atomic E-state index is 0.0648. The third kappa shape index (κ3) is 5.55. The molecule has 3 aromatic carbocycles. The highest BCUT2D eigenvalue weighted by molar-refractivity contribution is 8.29. The monoisotopic (exact) mass is 462 g/mol. The number of hydrogen-bond acceptors (Lipinski definition) is 0. The number of alkyl halides is 3. The van der Waals surface area contributed by atoms with Crippen LogP contribution in [0.5, 0.6) is 0 Å². The SMILES string of the molecule is CCCCc1ccc(S(F)(c2ccc(CCCC)cc2)c2cccc(C(F)(F)F)c2)cc1. The van der Waals surface area contributed by atoms with Crippen LogP contribution in [0.15, 0.2) is 87.5 Å². The van der Waals surface area contributed by atoms with E-state index >= 15 is 3.89 Å². The molecular weight excluding hydrogens is 432 g/mol. The molecule has 0 saturated heterocycles. The quantitative estimate of drug-likeness (QED) is 0.278. The van der Waals surface area contributed by atoms with Gasteiger partial charge in [-0.05, 0) is 89.7 Å². The molecule has 32 heavy (non-hydrogen) atoms. The predicted octanol–water partition coefficient (Wildman–Crippen LogP) is 9.56. The molecule has 0 N–H and O–H groups in total. The molecule has 3 rings (SSSR count). The number of hydrogen-bond donors (Lipinski definition) is 0. The van der Waals surface area contributed by atoms with Crippen molar-refractivity contribution in [1.29, 1.82) is 0 Å². The molecule has 0 aliphatic heterocycles. The molecular formula is C27H30F4S. The fourth-order valence-corrected chi connectivity index (χ4v) is 6.10. The van der Waals surface area contributed by atoms with Crippen molar-refractivity contribution in [3.8, 4) is 0 Å². The molecule has 0 radical (unpaired) electrons. The maximum Gasteiger partial charge on any atom is 0.416 e. The Morgan fingerprint density at radius 3 is 1.53 bits per heavy atom. The maximum atomic E-state index is 17.0. The van der Waals surface area contributed by atoms with E-state index in [2.05, 4.69) is 13.8 Å². The van der Waals surface area contributed by atoms with E-state index in [-0.39, 0.29) is 4.90 Å². The summed E-state index contributed by atoms with van der Waals surface area (Å²) in [5.74, 6) is 0. The normalized spacial score (nSPS) is 12.7. The summed E-state index contributed by atoms with van der Waals surface area (Å²) < 4.78 is 57.2. The van der Waals surface area contributed by atoms with Gasteiger partial charge in [-0.15, -0.1) is 0 Å². The predicted molar refractivity (Wildman–Crippen MR) is 125 cm³/mol. The van der Waals surface area contributed by atoms with Gasteiger partial charge in [0.05, 0.1) is 5.56 Å². The molecule has 0 aliphatic carbocycles. The first kappa shape index (κ1) is 24.4. The third-order valence-corrected chi connectivity index (χ3v) is 8.37. The van der Waals surface area contributed by atoms with Gasteiger partial charge in [-0.25, -0.2) is 0 Å². The third-order valence-electron chi connectivity index (χ3n) is 5.62. The molecule has 5 heteroatoms. The van der Waals surface area contributed by atoms with Crippen molar-refractivity contribution in [3.63, 3.8) is 0 Å². The van der Waals surface area contributed by atoms with E-state index in [0.29, 0.717) is 9.79 Å². The highest BCUT2D eigenvalue weighted by atomic mass is 32.3. The summed E-state index contributed by atoms with van der Waals surface area (Å²) >= 11 is 0. The number of halogens is 4. The summed E-state index contributed by atoms with van der Waals surface area (Å²) in [5, 5.41) is 0. The molecule has 0 unspecified atom stereocenters. The summed E-state index contributed by atoms with van der Waals surface area (Å²) in [5.41, 5.74) is 1.39. The maximum absolute atomic E-state index is 17.0. The van der Waals surface area contributed by atoms with Crippen LogP contribution >= 0.6 is 10.4 Å². The number of rotatable bonds is 9. The fraction of sp³-hybridized carbons (Fsp3) is 0.333. The van der Waals surface area contributed by atoms with E-state index in [1.807, 2.05) is 24.3 Å². The van der Waals surface area contributed by atoms with Gasteiger partial charge in [0, 0.05) is 14.7 Å². The zero-order valence-corrected chi connectivity index (χ0v) is 19.4. The second-order valence-corrected chi connectivity index (χ2v) is 10.5. The van der Waals surface area contributed by atoms with Crippen LogP contribution in [0, 0.1) is 0 Å². The first-order chi connectivity index (χ1) is 15.3. The summed E-state index contributed by atoms with van der Waals surface area (Å²) in [4.78, 5) is 0.895. The van der Waals surface area contributed by atoms with Gasteiger partial charge >= 0.3 is 6.18 Å². The van der Waals surface area contributed by atoms with Crippen molar-refractivity contribution in [2.24, 2.45) is 0 Å². The van der Waals surface area contributed by atoms with Gasteiger partial charge in [-0.3, -0.25) is 0 Å². The van der Waals surface area contributed by atoms with Crippen LogP contribution in [0.4, 0.5) is 17.1 Å². The first-order valence-electron chi connectivity index (χ1n) is 11.2. The minimum Gasteiger partial charge on any atom is -0.175 e. The molecule has 0 heterocycles. The van der Waals surface area contributed by atoms with E-state index in [0.717, 1.165) is 61.8 Å². The lowest BCUT2D eigenvalue weighted by molar-refractivity contribution is -0.137. The van der Waals surface area contributed by atoms with Crippen molar-refractivity contribution in [3.05, 3.63) is 89.5 Å². The van der Waals surface area contributed by atoms with Crippen molar-refractivity contribution in [2.45, 2.75) is 73.2 Å². The van der Waals surface area contributed by atoms with E-state index in [1.54, 1.807) is 24.3 Å². The van der Waals surface area contributed by atoms with Crippen LogP contribution in [0.1, 0.15) is 56.2 Å². The van der Waals surface area contributed by atoms with Gasteiger partial charge in [-0.1, -0.05) is 57.0 Å². The van der Waals surface area contributed by atoms with Gasteiger partial charge in [0.1, 0.15) is 0 Å². The number of aryl methyl sites for hydroxylation is 2. The summed E-state index contributed by atoms with van der Waals surface area (Å²) in [7, 11) is -3.33. The largest absolute Gasteiger partial charge is 0.416 e. The molecule has 0 fully saturated rings. The Morgan fingerprint density at radius 1 is 0.656 bits per heavy atom. The van der Waals surface area contributed by atoms with Gasteiger partial charge in [0.15, 0.2) is 0 Å². The lowest BCUT2D eigenvalue weighted by Crippen LogP contribution is -2.06. The van der Waals surface area contributed by atoms with Crippen molar-refractivity contribution < 1.29 is 17.1 Å². The van der Waals surface area contributed by atoms with Crippen LogP contribution < -0.4 is 0 Å². The molecule has 0 spiro atoms. The summed E-state index contributed by atoms with van der Waals surface area (Å²) in [6.45, 7) is 4.23. The van der Waals surface area contributed by atoms with Crippen molar-refractivity contribution in [2.75, 3.05) is 0 Å². The van der Waals surface area contributed by atoms with Crippen LogP contribution in [-0.2, 0) is 19.0 Å². The average molecular weight is 463 g/mol. The van der Waals surface area contributed by atoms with E-state index in [4.69, 9.17) is 0 Å². The minimum atomic E-state index is -4.52. The molecule has 0 bridgehead atoms. The highest BCUT2D eigenvalue weighted by Gasteiger charge is 2.35. The van der Waals surface area contributed by atoms with Crippen LogP contribution in [-0.4, -0.2) is 0 Å². The number of unbranched alkanes of at least 4 members (excludes halogenated alkanes) is 2. The average Bonchev–Trinajstić information content (AvgIpc) is 2.81. The Hall–Kier alpha value is -2.27. The molecule has 3 aromatic rings. The Balaban J connectivity index is 2.09. The Bertz CT molecular complexity index is 940. The Kier molecular flexibility index (Phi) is 8.05. The van der Waals surface area contributed by atoms with E-state index in [9.17, 15) is 13.2 Å². The van der Waals surface area contributed by atoms with Crippen LogP contribution in [0.25, 0.3) is 0 Å². The molecule has 0 aliphatic rings. The van der Waals surface area contributed by atoms with Gasteiger partial charge in [0.2, 0.25) is 0 Å². The van der Waals surface area contributed by atoms with Gasteiger partial charge in [0.25, 0.3) is 0 Å². The zero-order valence-electron chi connectivity index (χ0n) is 18.6. The van der Waals surface area contributed by atoms with Gasteiger partial charge in [-0.2, -0.15) is 17.1 Å². The topological polar surface area (TPSA) is 0 Å². The lowest BCUT2D eigenvalue weighted by Gasteiger charge is -2.33. The van der Waals surface area contributed by atoms with Crippen molar-refractivity contribution >= 4 is 10.4 Å². The molecule has 0 aromatic heterocycles. The Morgan fingerprint density at radius 2 is 1.12 bits per heavy atom. The molecule has 172 valence electrons. The van der Waals surface area contributed by atoms with Crippen LogP contribution in [0.3, 0.4) is 0 Å². The van der Waals surface area contributed by atoms with E-state index < -0.39 is 22.2 Å². The smallest absolute Gasteiger partial charge is 0.175 e. The fourth-order valence-electron chi connectivity index (χ4n) is 3.70. The summed E-state index contributed by atoms with van der Waals surface area (Å²) in [6.07, 6.45) is 1.50. The van der Waals surface area contributed by atoms with Crippen molar-refractivity contribution in [1.82, 2.24) is 0 Å². The lowest BCUT2D eigenvalue weighted by atomic mass is 10.1. The van der Waals surface area contributed by atoms with Gasteiger partial charge < -0.3 is 0 Å². The standard InChI is InChI=1S/C27H30F4S/c1-3-5-8-21-12-16-24(17-13-21)32(31,25-18-14-22(15-19-25)9-6-4-2)26-11-7-10-23(20-26)27(28,29)30/h7,10-20H,3-6,8-9H2,1-2H3. The second-order valence-electron chi connectivity index (χ2n) is 8.06. The molecule has 0 amide bonds. The zero-order chi connectivity index (χ0) is 23.2. The number of benzene rings is 3. The summed E-state index contributed by atoms with van der Waals surface area (Å²) in [6, 6.07) is 19.3.